The van der Waals surface area contributed by atoms with Gasteiger partial charge >= 0.3 is 0 Å². The third kappa shape index (κ3) is 5.11. The Labute approximate surface area is 83.3 Å². The zero-order valence-corrected chi connectivity index (χ0v) is 8.67. The first-order valence-corrected chi connectivity index (χ1v) is 4.77. The summed E-state index contributed by atoms with van der Waals surface area (Å²) in [5.74, 6) is -0.404. The van der Waals surface area contributed by atoms with Crippen LogP contribution in [0, 0.1) is 0 Å². The van der Waals surface area contributed by atoms with E-state index in [0.717, 1.165) is 17.7 Å². The average molecular weight is 208 g/mol. The highest BCUT2D eigenvalue weighted by molar-refractivity contribution is 5.81. The van der Waals surface area contributed by atoms with Crippen molar-refractivity contribution in [2.24, 2.45) is 5.73 Å². The van der Waals surface area contributed by atoms with Crippen LogP contribution in [0.1, 0.15) is 26.2 Å². The summed E-state index contributed by atoms with van der Waals surface area (Å²) in [6.45, 7) is 1.44. The molecule has 0 heterocycles. The highest BCUT2D eigenvalue weighted by Crippen LogP contribution is 2.03. The standard InChI is InChI=1S/C9H18F2N2O/c1-3-4-5-7(12)9(14)13(2)6-8(10)11/h7-8H,3-6,12H2,1-2H3/t7-/m0/s1. The minimum Gasteiger partial charge on any atom is -0.339 e. The SMILES string of the molecule is CCCC[C@H](N)C(=O)N(C)CC(F)F. The summed E-state index contributed by atoms with van der Waals surface area (Å²) in [5.41, 5.74) is 5.54. The molecule has 0 spiro atoms. The minimum atomic E-state index is -2.50. The fourth-order valence-corrected chi connectivity index (χ4v) is 1.13. The Morgan fingerprint density at radius 3 is 2.50 bits per heavy atom. The van der Waals surface area contributed by atoms with Crippen molar-refractivity contribution >= 4 is 5.91 Å². The van der Waals surface area contributed by atoms with Crippen molar-refractivity contribution in [3.63, 3.8) is 0 Å². The van der Waals surface area contributed by atoms with Crippen molar-refractivity contribution in [1.82, 2.24) is 4.90 Å². The van der Waals surface area contributed by atoms with Crippen molar-refractivity contribution in [2.45, 2.75) is 38.7 Å². The van der Waals surface area contributed by atoms with Crippen LogP contribution in [-0.4, -0.2) is 36.9 Å². The first kappa shape index (κ1) is 13.3. The van der Waals surface area contributed by atoms with Gasteiger partial charge in [0.25, 0.3) is 6.43 Å². The second kappa shape index (κ2) is 6.70. The fourth-order valence-electron chi connectivity index (χ4n) is 1.13. The van der Waals surface area contributed by atoms with Crippen molar-refractivity contribution in [2.75, 3.05) is 13.6 Å². The van der Waals surface area contributed by atoms with Gasteiger partial charge in [0.15, 0.2) is 0 Å². The van der Waals surface area contributed by atoms with Crippen LogP contribution in [0.3, 0.4) is 0 Å². The van der Waals surface area contributed by atoms with E-state index in [1.807, 2.05) is 6.92 Å². The molecule has 0 saturated carbocycles. The van der Waals surface area contributed by atoms with Crippen LogP contribution in [0.15, 0.2) is 0 Å². The molecule has 5 heteroatoms. The van der Waals surface area contributed by atoms with Crippen LogP contribution in [0.5, 0.6) is 0 Å². The number of rotatable bonds is 6. The quantitative estimate of drug-likeness (QED) is 0.713. The van der Waals surface area contributed by atoms with Crippen LogP contribution >= 0.6 is 0 Å². The minimum absolute atomic E-state index is 0.404. The molecule has 84 valence electrons. The number of likely N-dealkylation sites (N-methyl/N-ethyl adjacent to an activating group) is 1. The molecule has 1 amide bonds. The Morgan fingerprint density at radius 2 is 2.07 bits per heavy atom. The lowest BCUT2D eigenvalue weighted by Gasteiger charge is -2.20. The maximum Gasteiger partial charge on any atom is 0.255 e. The summed E-state index contributed by atoms with van der Waals surface area (Å²) in [6.07, 6.45) is -0.153. The first-order valence-electron chi connectivity index (χ1n) is 4.77. The van der Waals surface area contributed by atoms with Gasteiger partial charge in [0.2, 0.25) is 5.91 Å². The molecular formula is C9H18F2N2O. The lowest BCUT2D eigenvalue weighted by molar-refractivity contribution is -0.133. The van der Waals surface area contributed by atoms with E-state index in [0.29, 0.717) is 6.42 Å². The Balaban J connectivity index is 3.91. The van der Waals surface area contributed by atoms with Crippen molar-refractivity contribution in [3.8, 4) is 0 Å². The van der Waals surface area contributed by atoms with E-state index in [1.165, 1.54) is 7.05 Å². The summed E-state index contributed by atoms with van der Waals surface area (Å²) in [4.78, 5) is 12.3. The lowest BCUT2D eigenvalue weighted by atomic mass is 10.1. The van der Waals surface area contributed by atoms with Crippen molar-refractivity contribution in [1.29, 1.82) is 0 Å². The third-order valence-corrected chi connectivity index (χ3v) is 1.97. The second-order valence-corrected chi connectivity index (χ2v) is 3.36. The van der Waals surface area contributed by atoms with E-state index < -0.39 is 24.9 Å². The van der Waals surface area contributed by atoms with E-state index in [-0.39, 0.29) is 0 Å². The molecule has 0 rings (SSSR count). The van der Waals surface area contributed by atoms with Crippen molar-refractivity contribution < 1.29 is 13.6 Å². The average Bonchev–Trinajstić information content (AvgIpc) is 2.11. The number of alkyl halides is 2. The third-order valence-electron chi connectivity index (χ3n) is 1.97. The highest BCUT2D eigenvalue weighted by Gasteiger charge is 2.19. The lowest BCUT2D eigenvalue weighted by Crippen LogP contribution is -2.43. The predicted molar refractivity (Wildman–Crippen MR) is 51.1 cm³/mol. The Kier molecular flexibility index (Phi) is 6.36. The van der Waals surface area contributed by atoms with Gasteiger partial charge in [-0.05, 0) is 6.42 Å². The Bertz CT molecular complexity index is 176. The molecule has 3 nitrogen and oxygen atoms in total. The van der Waals surface area contributed by atoms with Gasteiger partial charge in [-0.1, -0.05) is 19.8 Å². The maximum absolute atomic E-state index is 11.9. The first-order chi connectivity index (χ1) is 6.49. The summed E-state index contributed by atoms with van der Waals surface area (Å²) >= 11 is 0. The number of nitrogens with two attached hydrogens (primary N) is 1. The molecule has 0 unspecified atom stereocenters. The molecule has 0 aromatic rings. The maximum atomic E-state index is 11.9. The molecule has 1 atom stereocenters. The zero-order valence-electron chi connectivity index (χ0n) is 8.67. The van der Waals surface area contributed by atoms with Gasteiger partial charge in [-0.25, -0.2) is 8.78 Å². The van der Waals surface area contributed by atoms with Gasteiger partial charge in [-0.2, -0.15) is 0 Å². The van der Waals surface area contributed by atoms with Gasteiger partial charge in [-0.15, -0.1) is 0 Å². The largest absolute Gasteiger partial charge is 0.339 e. The predicted octanol–water partition coefficient (Wildman–Crippen LogP) is 1.23. The monoisotopic (exact) mass is 208 g/mol. The smallest absolute Gasteiger partial charge is 0.255 e. The van der Waals surface area contributed by atoms with E-state index in [1.54, 1.807) is 0 Å². The number of unbranched alkanes of at least 4 members (excludes halogenated alkanes) is 1. The number of carbonyl (C=O) groups excluding carboxylic acids is 1. The number of hydrogen-bond acceptors (Lipinski definition) is 2. The van der Waals surface area contributed by atoms with Crippen molar-refractivity contribution in [3.05, 3.63) is 0 Å². The normalized spacial score (nSPS) is 13.0. The molecule has 0 aromatic heterocycles. The molecule has 14 heavy (non-hydrogen) atoms. The molecule has 0 aliphatic heterocycles. The Hall–Kier alpha value is -0.710. The van der Waals surface area contributed by atoms with Gasteiger partial charge in [0.1, 0.15) is 0 Å². The number of carbonyl (C=O) groups is 1. The number of hydrogen-bond donors (Lipinski definition) is 1. The molecular weight excluding hydrogens is 190 g/mol. The van der Waals surface area contributed by atoms with E-state index in [4.69, 9.17) is 5.73 Å². The number of amides is 1. The van der Waals surface area contributed by atoms with E-state index in [2.05, 4.69) is 0 Å². The van der Waals surface area contributed by atoms with E-state index >= 15 is 0 Å². The highest BCUT2D eigenvalue weighted by atomic mass is 19.3. The number of nitrogens with zero attached hydrogens (tertiary/aromatic N) is 1. The molecule has 0 saturated heterocycles. The molecule has 0 bridgehead atoms. The molecule has 0 fully saturated rings. The zero-order chi connectivity index (χ0) is 11.1. The van der Waals surface area contributed by atoms with Crippen LogP contribution in [0.2, 0.25) is 0 Å². The number of halogens is 2. The summed E-state index contributed by atoms with van der Waals surface area (Å²) in [5, 5.41) is 0. The van der Waals surface area contributed by atoms with Gasteiger partial charge in [0, 0.05) is 7.05 Å². The van der Waals surface area contributed by atoms with Crippen LogP contribution in [0.25, 0.3) is 0 Å². The summed E-state index contributed by atoms with van der Waals surface area (Å²) in [7, 11) is 1.35. The Morgan fingerprint density at radius 1 is 1.50 bits per heavy atom. The summed E-state index contributed by atoms with van der Waals surface area (Å²) in [6, 6.07) is -0.640. The molecule has 0 aliphatic rings. The van der Waals surface area contributed by atoms with Gasteiger partial charge in [-0.3, -0.25) is 4.79 Å². The molecule has 2 N–H and O–H groups in total. The van der Waals surface area contributed by atoms with Crippen LogP contribution in [-0.2, 0) is 4.79 Å². The van der Waals surface area contributed by atoms with Gasteiger partial charge < -0.3 is 10.6 Å². The summed E-state index contributed by atoms with van der Waals surface area (Å²) < 4.78 is 23.9. The fraction of sp³-hybridized carbons (Fsp3) is 0.889. The van der Waals surface area contributed by atoms with Gasteiger partial charge in [0.05, 0.1) is 12.6 Å². The topological polar surface area (TPSA) is 46.3 Å². The van der Waals surface area contributed by atoms with E-state index in [9.17, 15) is 13.6 Å². The van der Waals surface area contributed by atoms with Crippen LogP contribution < -0.4 is 5.73 Å². The molecule has 0 radical (unpaired) electrons. The molecule has 0 aliphatic carbocycles. The molecule has 0 aromatic carbocycles. The second-order valence-electron chi connectivity index (χ2n) is 3.36. The van der Waals surface area contributed by atoms with Crippen LogP contribution in [0.4, 0.5) is 8.78 Å².